The van der Waals surface area contributed by atoms with Crippen LogP contribution in [0.15, 0.2) is 29.4 Å². The monoisotopic (exact) mass is 292 g/mol. The van der Waals surface area contributed by atoms with Crippen molar-refractivity contribution in [3.8, 4) is 5.75 Å². The lowest BCUT2D eigenvalue weighted by Gasteiger charge is -2.20. The molecule has 6 heteroatoms. The highest BCUT2D eigenvalue weighted by Crippen LogP contribution is 2.22. The Morgan fingerprint density at radius 1 is 1.38 bits per heavy atom. The first-order valence-corrected chi connectivity index (χ1v) is 6.94. The molecular formula is C15H20N2O4. The lowest BCUT2D eigenvalue weighted by Crippen LogP contribution is -2.33. The van der Waals surface area contributed by atoms with Crippen LogP contribution in [-0.4, -0.2) is 37.7 Å². The van der Waals surface area contributed by atoms with Gasteiger partial charge in [-0.05, 0) is 43.7 Å². The molecule has 21 heavy (non-hydrogen) atoms. The van der Waals surface area contributed by atoms with Crippen LogP contribution in [0.1, 0.15) is 25.8 Å². The van der Waals surface area contributed by atoms with Gasteiger partial charge in [-0.15, -0.1) is 0 Å². The lowest BCUT2D eigenvalue weighted by molar-refractivity contribution is -0.159. The van der Waals surface area contributed by atoms with Crippen LogP contribution in [0.4, 0.5) is 0 Å². The van der Waals surface area contributed by atoms with Crippen LogP contribution in [0.3, 0.4) is 0 Å². The molecule has 114 valence electrons. The fourth-order valence-electron chi connectivity index (χ4n) is 1.99. The van der Waals surface area contributed by atoms with Crippen molar-refractivity contribution in [1.29, 1.82) is 0 Å². The van der Waals surface area contributed by atoms with E-state index in [1.54, 1.807) is 13.1 Å². The minimum atomic E-state index is -0.835. The average Bonchev–Trinajstić information content (AvgIpc) is 2.87. The summed E-state index contributed by atoms with van der Waals surface area (Å²) >= 11 is 0. The van der Waals surface area contributed by atoms with Crippen molar-refractivity contribution < 1.29 is 19.0 Å². The second-order valence-corrected chi connectivity index (χ2v) is 4.80. The molecule has 2 rings (SSSR count). The van der Waals surface area contributed by atoms with Gasteiger partial charge in [-0.2, -0.15) is 5.10 Å². The van der Waals surface area contributed by atoms with Gasteiger partial charge < -0.3 is 14.2 Å². The molecule has 0 saturated carbocycles. The molecule has 0 radical (unpaired) electrons. The summed E-state index contributed by atoms with van der Waals surface area (Å²) in [5, 5.41) is 3.91. The van der Waals surface area contributed by atoms with Crippen LogP contribution in [-0.2, 0) is 14.3 Å². The third kappa shape index (κ3) is 4.84. The van der Waals surface area contributed by atoms with Crippen LogP contribution in [0.2, 0.25) is 0 Å². The van der Waals surface area contributed by atoms with E-state index in [1.807, 2.05) is 31.2 Å². The number of hydrogen-bond acceptors (Lipinski definition) is 5. The van der Waals surface area contributed by atoms with Crippen molar-refractivity contribution in [2.75, 3.05) is 19.8 Å². The number of amides is 1. The molecule has 1 aliphatic rings. The number of carbonyl (C=O) groups is 1. The molecule has 0 atom stereocenters. The number of hydrazone groups is 1. The fourth-order valence-corrected chi connectivity index (χ4v) is 1.99. The van der Waals surface area contributed by atoms with Gasteiger partial charge in [0.05, 0.1) is 32.5 Å². The van der Waals surface area contributed by atoms with Gasteiger partial charge in [-0.3, -0.25) is 4.79 Å². The average molecular weight is 292 g/mol. The molecule has 0 aliphatic carbocycles. The first-order chi connectivity index (χ1) is 10.1. The van der Waals surface area contributed by atoms with E-state index in [2.05, 4.69) is 10.5 Å². The standard InChI is InChI=1S/C15H20N2O4/c1-3-19-13-6-4-12(5-7-13)11-16-17-14(18)10-15(2)20-8-9-21-15/h4-7,11H,3,8-10H2,1-2H3,(H,17,18)/b16-11+. The zero-order valence-corrected chi connectivity index (χ0v) is 12.3. The maximum Gasteiger partial charge on any atom is 0.245 e. The molecule has 0 bridgehead atoms. The number of carbonyl (C=O) groups excluding carboxylic acids is 1. The Kier molecular flexibility index (Phi) is 5.30. The molecule has 0 aromatic heterocycles. The topological polar surface area (TPSA) is 69.2 Å². The molecule has 1 aromatic rings. The first-order valence-electron chi connectivity index (χ1n) is 6.94. The van der Waals surface area contributed by atoms with Crippen molar-refractivity contribution in [2.24, 2.45) is 5.10 Å². The molecule has 1 fully saturated rings. The van der Waals surface area contributed by atoms with Crippen molar-refractivity contribution in [2.45, 2.75) is 26.1 Å². The Morgan fingerprint density at radius 2 is 2.05 bits per heavy atom. The van der Waals surface area contributed by atoms with Crippen LogP contribution >= 0.6 is 0 Å². The highest BCUT2D eigenvalue weighted by atomic mass is 16.7. The van der Waals surface area contributed by atoms with Crippen molar-refractivity contribution in [1.82, 2.24) is 5.43 Å². The maximum atomic E-state index is 11.7. The molecule has 1 aliphatic heterocycles. The highest BCUT2D eigenvalue weighted by Gasteiger charge is 2.33. The van der Waals surface area contributed by atoms with Crippen LogP contribution in [0.25, 0.3) is 0 Å². The Hall–Kier alpha value is -1.92. The van der Waals surface area contributed by atoms with Crippen molar-refractivity contribution >= 4 is 12.1 Å². The Labute approximate surface area is 124 Å². The molecule has 1 aromatic carbocycles. The zero-order valence-electron chi connectivity index (χ0n) is 12.3. The predicted octanol–water partition coefficient (Wildman–Crippen LogP) is 1.69. The van der Waals surface area contributed by atoms with Gasteiger partial charge in [0.15, 0.2) is 5.79 Å². The largest absolute Gasteiger partial charge is 0.494 e. The van der Waals surface area contributed by atoms with E-state index in [4.69, 9.17) is 14.2 Å². The van der Waals surface area contributed by atoms with E-state index in [0.717, 1.165) is 11.3 Å². The highest BCUT2D eigenvalue weighted by molar-refractivity contribution is 5.82. The Morgan fingerprint density at radius 3 is 2.67 bits per heavy atom. The van der Waals surface area contributed by atoms with Gasteiger partial charge in [0.2, 0.25) is 5.91 Å². The second kappa shape index (κ2) is 7.19. The van der Waals surface area contributed by atoms with E-state index in [9.17, 15) is 4.79 Å². The van der Waals surface area contributed by atoms with Gasteiger partial charge in [0.1, 0.15) is 5.75 Å². The van der Waals surface area contributed by atoms with Crippen molar-refractivity contribution in [3.63, 3.8) is 0 Å². The van der Waals surface area contributed by atoms with Gasteiger partial charge >= 0.3 is 0 Å². The van der Waals surface area contributed by atoms with E-state index < -0.39 is 5.79 Å². The van der Waals surface area contributed by atoms with Crippen LogP contribution in [0, 0.1) is 0 Å². The van der Waals surface area contributed by atoms with E-state index >= 15 is 0 Å². The molecule has 1 saturated heterocycles. The molecular weight excluding hydrogens is 272 g/mol. The summed E-state index contributed by atoms with van der Waals surface area (Å²) in [5.74, 6) is -0.276. The van der Waals surface area contributed by atoms with Gasteiger partial charge in [-0.1, -0.05) is 0 Å². The maximum absolute atomic E-state index is 11.7. The molecule has 0 unspecified atom stereocenters. The zero-order chi connectivity index (χ0) is 15.1. The fraction of sp³-hybridized carbons (Fsp3) is 0.467. The predicted molar refractivity (Wildman–Crippen MR) is 78.3 cm³/mol. The Balaban J connectivity index is 1.80. The molecule has 1 amide bonds. The summed E-state index contributed by atoms with van der Waals surface area (Å²) in [6.07, 6.45) is 1.69. The summed E-state index contributed by atoms with van der Waals surface area (Å²) in [4.78, 5) is 11.7. The summed E-state index contributed by atoms with van der Waals surface area (Å²) < 4.78 is 16.1. The van der Waals surface area contributed by atoms with Crippen LogP contribution in [0.5, 0.6) is 5.75 Å². The number of ether oxygens (including phenoxy) is 3. The quantitative estimate of drug-likeness (QED) is 0.640. The second-order valence-electron chi connectivity index (χ2n) is 4.80. The minimum absolute atomic E-state index is 0.119. The third-order valence-electron chi connectivity index (χ3n) is 2.97. The van der Waals surface area contributed by atoms with Gasteiger partial charge in [-0.25, -0.2) is 5.43 Å². The lowest BCUT2D eigenvalue weighted by atomic mass is 10.2. The first kappa shape index (κ1) is 15.5. The van der Waals surface area contributed by atoms with E-state index in [0.29, 0.717) is 19.8 Å². The minimum Gasteiger partial charge on any atom is -0.494 e. The summed E-state index contributed by atoms with van der Waals surface area (Å²) in [7, 11) is 0. The smallest absolute Gasteiger partial charge is 0.245 e. The number of rotatable bonds is 6. The van der Waals surface area contributed by atoms with Crippen molar-refractivity contribution in [3.05, 3.63) is 29.8 Å². The normalized spacial score (nSPS) is 17.0. The van der Waals surface area contributed by atoms with Gasteiger partial charge in [0.25, 0.3) is 0 Å². The van der Waals surface area contributed by atoms with E-state index in [-0.39, 0.29) is 12.3 Å². The third-order valence-corrected chi connectivity index (χ3v) is 2.97. The number of benzene rings is 1. The SMILES string of the molecule is CCOc1ccc(/C=N/NC(=O)CC2(C)OCCO2)cc1. The van der Waals surface area contributed by atoms with Gasteiger partial charge in [0, 0.05) is 0 Å². The number of hydrogen-bond donors (Lipinski definition) is 1. The number of nitrogens with zero attached hydrogens (tertiary/aromatic N) is 1. The molecule has 6 nitrogen and oxygen atoms in total. The number of nitrogens with one attached hydrogen (secondary N) is 1. The molecule has 1 N–H and O–H groups in total. The molecule has 0 spiro atoms. The summed E-state index contributed by atoms with van der Waals surface area (Å²) in [5.41, 5.74) is 3.34. The Bertz CT molecular complexity index is 493. The van der Waals surface area contributed by atoms with Crippen LogP contribution < -0.4 is 10.2 Å². The molecule has 1 heterocycles. The summed E-state index contributed by atoms with van der Waals surface area (Å²) in [6, 6.07) is 7.44. The van der Waals surface area contributed by atoms with E-state index in [1.165, 1.54) is 0 Å². The summed E-state index contributed by atoms with van der Waals surface area (Å²) in [6.45, 7) is 5.34.